The van der Waals surface area contributed by atoms with Gasteiger partial charge >= 0.3 is 0 Å². The van der Waals surface area contributed by atoms with Crippen molar-refractivity contribution < 1.29 is 14.3 Å². The third-order valence-corrected chi connectivity index (χ3v) is 2.63. The summed E-state index contributed by atoms with van der Waals surface area (Å²) in [7, 11) is 0. The Morgan fingerprint density at radius 1 is 1.33 bits per heavy atom. The summed E-state index contributed by atoms with van der Waals surface area (Å²) < 4.78 is 10.5. The SMILES string of the molecule is CCCCCCC(=O)C1(N)COCCO1. The molecule has 1 saturated heterocycles. The van der Waals surface area contributed by atoms with Crippen LogP contribution in [0.5, 0.6) is 0 Å². The van der Waals surface area contributed by atoms with Crippen LogP contribution in [0.1, 0.15) is 39.0 Å². The smallest absolute Gasteiger partial charge is 0.199 e. The molecule has 1 fully saturated rings. The van der Waals surface area contributed by atoms with Crippen LogP contribution in [0.25, 0.3) is 0 Å². The van der Waals surface area contributed by atoms with E-state index in [0.29, 0.717) is 19.6 Å². The highest BCUT2D eigenvalue weighted by molar-refractivity contribution is 5.86. The number of nitrogens with two attached hydrogens (primary N) is 1. The van der Waals surface area contributed by atoms with Crippen molar-refractivity contribution >= 4 is 5.78 Å². The average Bonchev–Trinajstić information content (AvgIpc) is 2.25. The molecule has 1 unspecified atom stereocenters. The predicted octanol–water partition coefficient (Wildman–Crippen LogP) is 1.23. The fourth-order valence-corrected chi connectivity index (χ4v) is 1.63. The van der Waals surface area contributed by atoms with Gasteiger partial charge in [-0.05, 0) is 6.42 Å². The Hall–Kier alpha value is -0.450. The summed E-state index contributed by atoms with van der Waals surface area (Å²) in [6.07, 6.45) is 4.82. The van der Waals surface area contributed by atoms with Gasteiger partial charge in [0.05, 0.1) is 19.8 Å². The van der Waals surface area contributed by atoms with Crippen LogP contribution >= 0.6 is 0 Å². The highest BCUT2D eigenvalue weighted by Gasteiger charge is 2.36. The number of ketones is 1. The third kappa shape index (κ3) is 3.89. The molecule has 0 aromatic carbocycles. The molecule has 1 aliphatic heterocycles. The lowest BCUT2D eigenvalue weighted by Gasteiger charge is -2.31. The van der Waals surface area contributed by atoms with E-state index >= 15 is 0 Å². The van der Waals surface area contributed by atoms with E-state index in [1.807, 2.05) is 0 Å². The van der Waals surface area contributed by atoms with E-state index in [0.717, 1.165) is 12.8 Å². The summed E-state index contributed by atoms with van der Waals surface area (Å²) >= 11 is 0. The van der Waals surface area contributed by atoms with Crippen molar-refractivity contribution in [3.63, 3.8) is 0 Å². The monoisotopic (exact) mass is 215 g/mol. The second-order valence-electron chi connectivity index (χ2n) is 4.02. The zero-order valence-electron chi connectivity index (χ0n) is 9.46. The summed E-state index contributed by atoms with van der Waals surface area (Å²) in [6, 6.07) is 0. The van der Waals surface area contributed by atoms with Crippen molar-refractivity contribution in [2.75, 3.05) is 19.8 Å². The van der Waals surface area contributed by atoms with Crippen molar-refractivity contribution in [1.82, 2.24) is 0 Å². The molecule has 1 heterocycles. The summed E-state index contributed by atoms with van der Waals surface area (Å²) in [5.41, 5.74) is 4.64. The molecule has 1 aliphatic rings. The standard InChI is InChI=1S/C11H21NO3/c1-2-3-4-5-6-10(13)11(12)9-14-7-8-15-11/h2-9,12H2,1H3. The van der Waals surface area contributed by atoms with Crippen molar-refractivity contribution in [2.45, 2.75) is 44.8 Å². The second-order valence-corrected chi connectivity index (χ2v) is 4.02. The number of rotatable bonds is 6. The first-order valence-corrected chi connectivity index (χ1v) is 5.73. The van der Waals surface area contributed by atoms with Gasteiger partial charge in [-0.2, -0.15) is 0 Å². The summed E-state index contributed by atoms with van der Waals surface area (Å²) in [5.74, 6) is -0.0293. The maximum absolute atomic E-state index is 11.8. The fourth-order valence-electron chi connectivity index (χ4n) is 1.63. The second kappa shape index (κ2) is 6.20. The molecular weight excluding hydrogens is 194 g/mol. The summed E-state index contributed by atoms with van der Waals surface area (Å²) in [6.45, 7) is 3.28. The van der Waals surface area contributed by atoms with Gasteiger partial charge in [-0.1, -0.05) is 26.2 Å². The Labute approximate surface area is 91.1 Å². The zero-order chi connectivity index (χ0) is 11.1. The molecule has 15 heavy (non-hydrogen) atoms. The molecule has 1 atom stereocenters. The van der Waals surface area contributed by atoms with Gasteiger partial charge in [0.2, 0.25) is 0 Å². The maximum Gasteiger partial charge on any atom is 0.199 e. The molecule has 4 nitrogen and oxygen atoms in total. The molecule has 0 aromatic rings. The molecule has 2 N–H and O–H groups in total. The Bertz CT molecular complexity index is 200. The van der Waals surface area contributed by atoms with E-state index in [9.17, 15) is 4.79 Å². The lowest BCUT2D eigenvalue weighted by Crippen LogP contribution is -2.57. The van der Waals surface area contributed by atoms with E-state index in [1.54, 1.807) is 0 Å². The van der Waals surface area contributed by atoms with Gasteiger partial charge in [0, 0.05) is 6.42 Å². The van der Waals surface area contributed by atoms with Crippen LogP contribution in [-0.4, -0.2) is 31.3 Å². The van der Waals surface area contributed by atoms with Gasteiger partial charge in [-0.15, -0.1) is 0 Å². The van der Waals surface area contributed by atoms with E-state index in [1.165, 1.54) is 12.8 Å². The molecule has 0 bridgehead atoms. The van der Waals surface area contributed by atoms with E-state index in [2.05, 4.69) is 6.92 Å². The molecule has 88 valence electrons. The lowest BCUT2D eigenvalue weighted by atomic mass is 10.0. The number of carbonyl (C=O) groups is 1. The number of unbranched alkanes of at least 4 members (excludes halogenated alkanes) is 3. The Kier molecular flexibility index (Phi) is 5.22. The Morgan fingerprint density at radius 2 is 2.13 bits per heavy atom. The molecular formula is C11H21NO3. The van der Waals surface area contributed by atoms with E-state index < -0.39 is 5.72 Å². The highest BCUT2D eigenvalue weighted by Crippen LogP contribution is 2.15. The fraction of sp³-hybridized carbons (Fsp3) is 0.909. The van der Waals surface area contributed by atoms with Crippen LogP contribution in [0.3, 0.4) is 0 Å². The number of Topliss-reactive ketones (excluding diaryl/α,β-unsaturated/α-hetero) is 1. The highest BCUT2D eigenvalue weighted by atomic mass is 16.6. The van der Waals surface area contributed by atoms with Crippen molar-refractivity contribution in [3.05, 3.63) is 0 Å². The van der Waals surface area contributed by atoms with Crippen LogP contribution in [0.2, 0.25) is 0 Å². The first-order valence-electron chi connectivity index (χ1n) is 5.73. The van der Waals surface area contributed by atoms with Crippen molar-refractivity contribution in [2.24, 2.45) is 5.73 Å². The normalized spacial score (nSPS) is 26.5. The molecule has 0 spiro atoms. The minimum atomic E-state index is -1.18. The summed E-state index contributed by atoms with van der Waals surface area (Å²) in [5, 5.41) is 0. The topological polar surface area (TPSA) is 61.6 Å². The minimum Gasteiger partial charge on any atom is -0.374 e. The van der Waals surface area contributed by atoms with Crippen LogP contribution in [-0.2, 0) is 14.3 Å². The molecule has 0 saturated carbocycles. The number of ether oxygens (including phenoxy) is 2. The number of carbonyl (C=O) groups excluding carboxylic acids is 1. The van der Waals surface area contributed by atoms with Gasteiger partial charge in [-0.3, -0.25) is 10.5 Å². The van der Waals surface area contributed by atoms with Gasteiger partial charge in [0.1, 0.15) is 0 Å². The van der Waals surface area contributed by atoms with Gasteiger partial charge in [0.15, 0.2) is 11.5 Å². The third-order valence-electron chi connectivity index (χ3n) is 2.63. The van der Waals surface area contributed by atoms with Gasteiger partial charge < -0.3 is 9.47 Å². The molecule has 0 aromatic heterocycles. The summed E-state index contributed by atoms with van der Waals surface area (Å²) in [4.78, 5) is 11.8. The molecule has 4 heteroatoms. The zero-order valence-corrected chi connectivity index (χ0v) is 9.46. The van der Waals surface area contributed by atoms with E-state index in [-0.39, 0.29) is 12.4 Å². The maximum atomic E-state index is 11.8. The first-order chi connectivity index (χ1) is 7.19. The number of hydrogen-bond acceptors (Lipinski definition) is 4. The quantitative estimate of drug-likeness (QED) is 0.677. The van der Waals surface area contributed by atoms with Crippen molar-refractivity contribution in [1.29, 1.82) is 0 Å². The lowest BCUT2D eigenvalue weighted by molar-refractivity contribution is -0.174. The van der Waals surface area contributed by atoms with Crippen LogP contribution in [0.4, 0.5) is 0 Å². The number of hydrogen-bond donors (Lipinski definition) is 1. The molecule has 0 radical (unpaired) electrons. The Morgan fingerprint density at radius 3 is 2.73 bits per heavy atom. The molecule has 0 amide bonds. The molecule has 1 rings (SSSR count). The van der Waals surface area contributed by atoms with Crippen LogP contribution < -0.4 is 5.73 Å². The van der Waals surface area contributed by atoms with Gasteiger partial charge in [-0.25, -0.2) is 0 Å². The minimum absolute atomic E-state index is 0.0293. The van der Waals surface area contributed by atoms with Gasteiger partial charge in [0.25, 0.3) is 0 Å². The Balaban J connectivity index is 2.25. The van der Waals surface area contributed by atoms with Crippen LogP contribution in [0, 0.1) is 0 Å². The largest absolute Gasteiger partial charge is 0.374 e. The van der Waals surface area contributed by atoms with E-state index in [4.69, 9.17) is 15.2 Å². The first kappa shape index (κ1) is 12.6. The predicted molar refractivity (Wildman–Crippen MR) is 57.5 cm³/mol. The van der Waals surface area contributed by atoms with Crippen molar-refractivity contribution in [3.8, 4) is 0 Å². The average molecular weight is 215 g/mol. The molecule has 0 aliphatic carbocycles. The van der Waals surface area contributed by atoms with Crippen LogP contribution in [0.15, 0.2) is 0 Å².